The number of aryl methyl sites for hydroxylation is 3. The van der Waals surface area contributed by atoms with Gasteiger partial charge in [-0.15, -0.1) is 0 Å². The van der Waals surface area contributed by atoms with Crippen LogP contribution >= 0.6 is 0 Å². The Morgan fingerprint density at radius 3 is 2.87 bits per heavy atom. The Balaban J connectivity index is 1.42. The molecule has 1 aromatic carbocycles. The first kappa shape index (κ1) is 15.6. The standard InChI is InChI=1S/C18H23N3O2/c1-3-14-5-4-6-16(9-14)23-17-12-21(13-17)18(22)8-7-15-10-19-20(2)11-15/h4-6,9-11,17H,3,7-8,12-13H2,1-2H3. The fraction of sp³-hybridized carbons (Fsp3) is 0.444. The molecule has 0 spiro atoms. The molecule has 0 bridgehead atoms. The molecule has 1 saturated heterocycles. The SMILES string of the molecule is CCc1cccc(OC2CN(C(=O)CCc3cnn(C)c3)C2)c1. The van der Waals surface area contributed by atoms with Crippen molar-refractivity contribution >= 4 is 5.91 Å². The molecule has 5 nitrogen and oxygen atoms in total. The zero-order chi connectivity index (χ0) is 16.2. The van der Waals surface area contributed by atoms with Gasteiger partial charge in [-0.05, 0) is 36.1 Å². The third-order valence-corrected chi connectivity index (χ3v) is 4.20. The molecule has 0 aliphatic carbocycles. The van der Waals surface area contributed by atoms with Crippen LogP contribution < -0.4 is 4.74 Å². The average Bonchev–Trinajstić information content (AvgIpc) is 2.94. The monoisotopic (exact) mass is 313 g/mol. The van der Waals surface area contributed by atoms with Gasteiger partial charge >= 0.3 is 0 Å². The van der Waals surface area contributed by atoms with Crippen molar-refractivity contribution < 1.29 is 9.53 Å². The Kier molecular flexibility index (Phi) is 4.65. The van der Waals surface area contributed by atoms with Crippen molar-refractivity contribution in [3.05, 3.63) is 47.8 Å². The number of amides is 1. The van der Waals surface area contributed by atoms with Gasteiger partial charge in [0.15, 0.2) is 0 Å². The number of nitrogens with zero attached hydrogens (tertiary/aromatic N) is 3. The Morgan fingerprint density at radius 2 is 2.17 bits per heavy atom. The van der Waals surface area contributed by atoms with E-state index in [1.54, 1.807) is 4.68 Å². The molecule has 0 atom stereocenters. The predicted octanol–water partition coefficient (Wildman–Crippen LogP) is 2.20. The number of benzene rings is 1. The molecule has 0 saturated carbocycles. The fourth-order valence-electron chi connectivity index (χ4n) is 2.76. The average molecular weight is 313 g/mol. The molecule has 0 radical (unpaired) electrons. The maximum atomic E-state index is 12.1. The summed E-state index contributed by atoms with van der Waals surface area (Å²) in [7, 11) is 1.89. The molecule has 1 fully saturated rings. The first-order valence-electron chi connectivity index (χ1n) is 8.15. The van der Waals surface area contributed by atoms with Crippen LogP contribution in [0.25, 0.3) is 0 Å². The van der Waals surface area contributed by atoms with E-state index in [0.29, 0.717) is 19.5 Å². The van der Waals surface area contributed by atoms with E-state index in [0.717, 1.165) is 24.2 Å². The number of hydrogen-bond donors (Lipinski definition) is 0. The maximum Gasteiger partial charge on any atom is 0.223 e. The van der Waals surface area contributed by atoms with Crippen molar-refractivity contribution in [1.29, 1.82) is 0 Å². The summed E-state index contributed by atoms with van der Waals surface area (Å²) < 4.78 is 7.69. The van der Waals surface area contributed by atoms with Crippen LogP contribution in [-0.2, 0) is 24.7 Å². The molecule has 1 aliphatic rings. The van der Waals surface area contributed by atoms with Crippen molar-refractivity contribution in [2.24, 2.45) is 7.05 Å². The smallest absolute Gasteiger partial charge is 0.223 e. The van der Waals surface area contributed by atoms with Crippen LogP contribution in [0, 0.1) is 0 Å². The lowest BCUT2D eigenvalue weighted by Gasteiger charge is -2.39. The second-order valence-corrected chi connectivity index (χ2v) is 6.06. The van der Waals surface area contributed by atoms with Crippen LogP contribution in [0.1, 0.15) is 24.5 Å². The van der Waals surface area contributed by atoms with Crippen molar-refractivity contribution in [3.63, 3.8) is 0 Å². The highest BCUT2D eigenvalue weighted by atomic mass is 16.5. The van der Waals surface area contributed by atoms with Crippen molar-refractivity contribution in [2.45, 2.75) is 32.3 Å². The predicted molar refractivity (Wildman–Crippen MR) is 88.3 cm³/mol. The zero-order valence-electron chi connectivity index (χ0n) is 13.7. The summed E-state index contributed by atoms with van der Waals surface area (Å²) in [5, 5.41) is 4.12. The van der Waals surface area contributed by atoms with Crippen LogP contribution in [-0.4, -0.2) is 39.8 Å². The Bertz CT molecular complexity index is 674. The van der Waals surface area contributed by atoms with Crippen molar-refractivity contribution in [3.8, 4) is 5.75 Å². The number of carbonyl (C=O) groups excluding carboxylic acids is 1. The van der Waals surface area contributed by atoms with Crippen molar-refractivity contribution in [2.75, 3.05) is 13.1 Å². The van der Waals surface area contributed by atoms with Crippen LogP contribution in [0.5, 0.6) is 5.75 Å². The molecule has 0 unspecified atom stereocenters. The van der Waals surface area contributed by atoms with Gasteiger partial charge in [0.2, 0.25) is 5.91 Å². The van der Waals surface area contributed by atoms with Crippen LogP contribution in [0.4, 0.5) is 0 Å². The third kappa shape index (κ3) is 3.92. The van der Waals surface area contributed by atoms with Crippen LogP contribution in [0.15, 0.2) is 36.7 Å². The topological polar surface area (TPSA) is 47.4 Å². The molecule has 5 heteroatoms. The quantitative estimate of drug-likeness (QED) is 0.821. The fourth-order valence-corrected chi connectivity index (χ4v) is 2.76. The highest BCUT2D eigenvalue weighted by Gasteiger charge is 2.31. The van der Waals surface area contributed by atoms with Crippen molar-refractivity contribution in [1.82, 2.24) is 14.7 Å². The highest BCUT2D eigenvalue weighted by Crippen LogP contribution is 2.20. The van der Waals surface area contributed by atoms with Gasteiger partial charge in [-0.1, -0.05) is 19.1 Å². The number of carbonyl (C=O) groups is 1. The van der Waals surface area contributed by atoms with E-state index < -0.39 is 0 Å². The minimum atomic E-state index is 0.115. The van der Waals surface area contributed by atoms with Gasteiger partial charge in [0.25, 0.3) is 0 Å². The molecule has 0 N–H and O–H groups in total. The molecule has 3 rings (SSSR count). The summed E-state index contributed by atoms with van der Waals surface area (Å²) in [4.78, 5) is 14.0. The first-order valence-corrected chi connectivity index (χ1v) is 8.15. The number of rotatable bonds is 6. The molecular formula is C18H23N3O2. The molecule has 2 heterocycles. The largest absolute Gasteiger partial charge is 0.487 e. The molecule has 1 aliphatic heterocycles. The lowest BCUT2D eigenvalue weighted by molar-refractivity contribution is -0.139. The summed E-state index contributed by atoms with van der Waals surface area (Å²) in [6.45, 7) is 3.50. The minimum absolute atomic E-state index is 0.115. The number of aromatic nitrogens is 2. The van der Waals surface area contributed by atoms with Gasteiger partial charge in [-0.2, -0.15) is 5.10 Å². The van der Waals surface area contributed by atoms with Gasteiger partial charge in [0.1, 0.15) is 11.9 Å². The molecule has 1 aromatic heterocycles. The second-order valence-electron chi connectivity index (χ2n) is 6.06. The lowest BCUT2D eigenvalue weighted by Crippen LogP contribution is -2.56. The summed E-state index contributed by atoms with van der Waals surface area (Å²) in [6.07, 6.45) is 6.16. The number of ether oxygens (including phenoxy) is 1. The first-order chi connectivity index (χ1) is 11.1. The summed E-state index contributed by atoms with van der Waals surface area (Å²) in [6, 6.07) is 8.17. The van der Waals surface area contributed by atoms with E-state index in [1.165, 1.54) is 5.56 Å². The van der Waals surface area contributed by atoms with Gasteiger partial charge in [-0.3, -0.25) is 9.48 Å². The summed E-state index contributed by atoms with van der Waals surface area (Å²) in [5.41, 5.74) is 2.37. The second kappa shape index (κ2) is 6.86. The van der Waals surface area contributed by atoms with E-state index in [1.807, 2.05) is 36.5 Å². The highest BCUT2D eigenvalue weighted by molar-refractivity contribution is 5.77. The van der Waals surface area contributed by atoms with Gasteiger partial charge in [0.05, 0.1) is 19.3 Å². The minimum Gasteiger partial charge on any atom is -0.487 e. The van der Waals surface area contributed by atoms with Crippen LogP contribution in [0.2, 0.25) is 0 Å². The van der Waals surface area contributed by atoms with E-state index >= 15 is 0 Å². The molecule has 2 aromatic rings. The number of hydrogen-bond acceptors (Lipinski definition) is 3. The molecule has 122 valence electrons. The summed E-state index contributed by atoms with van der Waals surface area (Å²) >= 11 is 0. The number of likely N-dealkylation sites (tertiary alicyclic amines) is 1. The van der Waals surface area contributed by atoms with E-state index in [2.05, 4.69) is 24.2 Å². The maximum absolute atomic E-state index is 12.1. The molecule has 23 heavy (non-hydrogen) atoms. The van der Waals surface area contributed by atoms with Crippen LogP contribution in [0.3, 0.4) is 0 Å². The van der Waals surface area contributed by atoms with Gasteiger partial charge < -0.3 is 9.64 Å². The van der Waals surface area contributed by atoms with E-state index in [-0.39, 0.29) is 12.0 Å². The Morgan fingerprint density at radius 1 is 1.35 bits per heavy atom. The Hall–Kier alpha value is -2.30. The van der Waals surface area contributed by atoms with Gasteiger partial charge in [0, 0.05) is 19.7 Å². The normalized spacial score (nSPS) is 14.6. The molecular weight excluding hydrogens is 290 g/mol. The van der Waals surface area contributed by atoms with E-state index in [9.17, 15) is 4.79 Å². The Labute approximate surface area is 136 Å². The third-order valence-electron chi connectivity index (χ3n) is 4.20. The zero-order valence-corrected chi connectivity index (χ0v) is 13.7. The molecule has 1 amide bonds. The lowest BCUT2D eigenvalue weighted by atomic mass is 10.1. The van der Waals surface area contributed by atoms with Gasteiger partial charge in [-0.25, -0.2) is 0 Å². The summed E-state index contributed by atoms with van der Waals surface area (Å²) in [5.74, 6) is 1.09. The van der Waals surface area contributed by atoms with E-state index in [4.69, 9.17) is 4.74 Å².